The molecule has 2 N–H and O–H groups in total. The Bertz CT molecular complexity index is 290. The van der Waals surface area contributed by atoms with Crippen LogP contribution in [0.15, 0.2) is 0 Å². The van der Waals surface area contributed by atoms with Gasteiger partial charge in [0.2, 0.25) is 0 Å². The molecule has 2 nitrogen and oxygen atoms in total. The molecular weight excluding hydrogens is 220 g/mol. The first kappa shape index (κ1) is 14.3. The van der Waals surface area contributed by atoms with E-state index in [9.17, 15) is 0 Å². The van der Waals surface area contributed by atoms with Crippen LogP contribution in [0.1, 0.15) is 60.3 Å². The van der Waals surface area contributed by atoms with Crippen molar-refractivity contribution >= 4 is 0 Å². The van der Waals surface area contributed by atoms with Gasteiger partial charge in [0.1, 0.15) is 0 Å². The largest absolute Gasteiger partial charge is 0.326 e. The molecule has 1 saturated heterocycles. The second-order valence-electron chi connectivity index (χ2n) is 8.48. The molecule has 0 aromatic heterocycles. The summed E-state index contributed by atoms with van der Waals surface area (Å²) >= 11 is 0. The highest BCUT2D eigenvalue weighted by Gasteiger charge is 2.40. The molecule has 3 unspecified atom stereocenters. The average molecular weight is 252 g/mol. The minimum atomic E-state index is 0.400. The maximum absolute atomic E-state index is 6.39. The zero-order valence-corrected chi connectivity index (χ0v) is 13.0. The molecule has 2 rings (SSSR count). The predicted molar refractivity (Wildman–Crippen MR) is 78.5 cm³/mol. The van der Waals surface area contributed by atoms with Crippen molar-refractivity contribution in [2.75, 3.05) is 13.1 Å². The summed E-state index contributed by atoms with van der Waals surface area (Å²) in [6, 6.07) is 1.03. The minimum Gasteiger partial charge on any atom is -0.326 e. The normalized spacial score (nSPS) is 38.0. The van der Waals surface area contributed by atoms with Crippen LogP contribution in [0.4, 0.5) is 0 Å². The zero-order chi connectivity index (χ0) is 13.6. The topological polar surface area (TPSA) is 29.3 Å². The van der Waals surface area contributed by atoms with Crippen LogP contribution >= 0.6 is 0 Å². The van der Waals surface area contributed by atoms with Crippen molar-refractivity contribution in [1.29, 1.82) is 0 Å². The van der Waals surface area contributed by atoms with Gasteiger partial charge in [-0.2, -0.15) is 0 Å². The Balaban J connectivity index is 2.00. The Hall–Kier alpha value is -0.0800. The molecular formula is C16H32N2. The van der Waals surface area contributed by atoms with Crippen molar-refractivity contribution in [3.8, 4) is 0 Å². The van der Waals surface area contributed by atoms with E-state index in [1.54, 1.807) is 0 Å². The van der Waals surface area contributed by atoms with Crippen LogP contribution in [0, 0.1) is 16.7 Å². The van der Waals surface area contributed by atoms with E-state index in [2.05, 4.69) is 39.5 Å². The number of hydrogen-bond donors (Lipinski definition) is 1. The zero-order valence-electron chi connectivity index (χ0n) is 13.0. The molecule has 2 heteroatoms. The highest BCUT2D eigenvalue weighted by molar-refractivity contribution is 4.96. The lowest BCUT2D eigenvalue weighted by Gasteiger charge is -2.44. The second kappa shape index (κ2) is 4.79. The fourth-order valence-electron chi connectivity index (χ4n) is 3.76. The average Bonchev–Trinajstić information content (AvgIpc) is 2.70. The summed E-state index contributed by atoms with van der Waals surface area (Å²) in [5.41, 5.74) is 7.33. The van der Waals surface area contributed by atoms with Gasteiger partial charge in [0.25, 0.3) is 0 Å². The Morgan fingerprint density at radius 1 is 1.17 bits per heavy atom. The van der Waals surface area contributed by atoms with Gasteiger partial charge in [-0.3, -0.25) is 4.90 Å². The second-order valence-corrected chi connectivity index (χ2v) is 8.48. The van der Waals surface area contributed by atoms with Crippen LogP contribution in [0.5, 0.6) is 0 Å². The number of hydrogen-bond acceptors (Lipinski definition) is 2. The van der Waals surface area contributed by atoms with E-state index in [0.29, 0.717) is 22.9 Å². The van der Waals surface area contributed by atoms with Crippen LogP contribution in [-0.2, 0) is 0 Å². The van der Waals surface area contributed by atoms with Gasteiger partial charge in [-0.05, 0) is 49.0 Å². The van der Waals surface area contributed by atoms with E-state index in [0.717, 1.165) is 5.92 Å². The molecule has 1 heterocycles. The summed E-state index contributed by atoms with van der Waals surface area (Å²) in [5.74, 6) is 0.842. The third-order valence-electron chi connectivity index (χ3n) is 5.32. The summed E-state index contributed by atoms with van der Waals surface area (Å²) in [4.78, 5) is 2.70. The lowest BCUT2D eigenvalue weighted by molar-refractivity contribution is 0.0867. The molecule has 18 heavy (non-hydrogen) atoms. The number of likely N-dealkylation sites (tertiary alicyclic amines) is 1. The summed E-state index contributed by atoms with van der Waals surface area (Å²) < 4.78 is 0. The minimum absolute atomic E-state index is 0.400. The van der Waals surface area contributed by atoms with E-state index in [-0.39, 0.29) is 0 Å². The fourth-order valence-corrected chi connectivity index (χ4v) is 3.76. The Morgan fingerprint density at radius 2 is 1.83 bits per heavy atom. The Morgan fingerprint density at radius 3 is 2.39 bits per heavy atom. The van der Waals surface area contributed by atoms with Crippen molar-refractivity contribution < 1.29 is 0 Å². The molecule has 0 radical (unpaired) electrons. The van der Waals surface area contributed by atoms with Gasteiger partial charge in [0.15, 0.2) is 0 Å². The van der Waals surface area contributed by atoms with Crippen molar-refractivity contribution in [1.82, 2.24) is 4.90 Å². The third-order valence-corrected chi connectivity index (χ3v) is 5.32. The summed E-state index contributed by atoms with van der Waals surface area (Å²) in [7, 11) is 0. The van der Waals surface area contributed by atoms with Crippen LogP contribution in [0.2, 0.25) is 0 Å². The van der Waals surface area contributed by atoms with E-state index in [4.69, 9.17) is 5.73 Å². The molecule has 3 atom stereocenters. The van der Waals surface area contributed by atoms with E-state index in [1.807, 2.05) is 0 Å². The van der Waals surface area contributed by atoms with Gasteiger partial charge >= 0.3 is 0 Å². The lowest BCUT2D eigenvalue weighted by Crippen LogP contribution is -2.52. The van der Waals surface area contributed by atoms with E-state index < -0.39 is 0 Å². The molecule has 0 aromatic carbocycles. The van der Waals surface area contributed by atoms with Crippen molar-refractivity contribution in [2.45, 2.75) is 72.4 Å². The monoisotopic (exact) mass is 252 g/mol. The van der Waals surface area contributed by atoms with Gasteiger partial charge < -0.3 is 5.73 Å². The molecule has 1 aliphatic carbocycles. The van der Waals surface area contributed by atoms with E-state index >= 15 is 0 Å². The summed E-state index contributed by atoms with van der Waals surface area (Å²) in [5, 5.41) is 0. The molecule has 1 aliphatic heterocycles. The maximum Gasteiger partial charge on any atom is 0.0252 e. The Kier molecular flexibility index (Phi) is 3.81. The first-order valence-electron chi connectivity index (χ1n) is 7.69. The first-order valence-corrected chi connectivity index (χ1v) is 7.69. The highest BCUT2D eigenvalue weighted by atomic mass is 15.2. The fraction of sp³-hybridized carbons (Fsp3) is 1.00. The van der Waals surface area contributed by atoms with Gasteiger partial charge in [0.05, 0.1) is 0 Å². The van der Waals surface area contributed by atoms with E-state index in [1.165, 1.54) is 38.8 Å². The summed E-state index contributed by atoms with van der Waals surface area (Å²) in [6.45, 7) is 14.5. The molecule has 0 spiro atoms. The van der Waals surface area contributed by atoms with Gasteiger partial charge in [0, 0.05) is 18.6 Å². The van der Waals surface area contributed by atoms with Crippen molar-refractivity contribution in [2.24, 2.45) is 22.5 Å². The van der Waals surface area contributed by atoms with Crippen LogP contribution in [-0.4, -0.2) is 30.1 Å². The number of nitrogens with two attached hydrogens (primary N) is 1. The standard InChI is InChI=1S/C16H32N2/c1-15(2,3)12-7-9-18(11-12)14-10-16(4,5)8-6-13(14)17/h12-14H,6-11,17H2,1-5H3. The first-order chi connectivity index (χ1) is 8.19. The lowest BCUT2D eigenvalue weighted by atomic mass is 9.72. The van der Waals surface area contributed by atoms with Crippen LogP contribution < -0.4 is 5.73 Å². The number of rotatable bonds is 1. The molecule has 2 aliphatic rings. The summed E-state index contributed by atoms with van der Waals surface area (Å²) in [6.07, 6.45) is 5.13. The number of nitrogens with zero attached hydrogens (tertiary/aromatic N) is 1. The molecule has 1 saturated carbocycles. The van der Waals surface area contributed by atoms with Gasteiger partial charge in [-0.15, -0.1) is 0 Å². The SMILES string of the molecule is CC1(C)CCC(N)C(N2CCC(C(C)(C)C)C2)C1. The van der Waals surface area contributed by atoms with Crippen molar-refractivity contribution in [3.63, 3.8) is 0 Å². The molecule has 0 amide bonds. The molecule has 0 bridgehead atoms. The molecule has 0 aromatic rings. The quantitative estimate of drug-likeness (QED) is 0.776. The predicted octanol–water partition coefficient (Wildman–Crippen LogP) is 3.26. The third kappa shape index (κ3) is 3.08. The Labute approximate surface area is 113 Å². The van der Waals surface area contributed by atoms with Crippen molar-refractivity contribution in [3.05, 3.63) is 0 Å². The van der Waals surface area contributed by atoms with Gasteiger partial charge in [-0.25, -0.2) is 0 Å². The smallest absolute Gasteiger partial charge is 0.0252 e. The van der Waals surface area contributed by atoms with Crippen LogP contribution in [0.3, 0.4) is 0 Å². The molecule has 106 valence electrons. The van der Waals surface area contributed by atoms with Crippen LogP contribution in [0.25, 0.3) is 0 Å². The molecule has 2 fully saturated rings. The highest BCUT2D eigenvalue weighted by Crippen LogP contribution is 2.40. The van der Waals surface area contributed by atoms with Gasteiger partial charge in [-0.1, -0.05) is 34.6 Å². The maximum atomic E-state index is 6.39.